The minimum absolute atomic E-state index is 0.145. The van der Waals surface area contributed by atoms with E-state index in [1.165, 1.54) is 19.2 Å². The van der Waals surface area contributed by atoms with Crippen LogP contribution in [0.4, 0.5) is 5.69 Å². The number of amides is 1. The molecule has 0 atom stereocenters. The molecule has 6 heteroatoms. The van der Waals surface area contributed by atoms with Crippen molar-refractivity contribution in [3.8, 4) is 11.5 Å². The molecule has 4 nitrogen and oxygen atoms in total. The number of fused-ring (bicyclic) bond motifs is 1. The number of aromatic hydroxyl groups is 1. The van der Waals surface area contributed by atoms with Gasteiger partial charge < -0.3 is 9.84 Å². The van der Waals surface area contributed by atoms with Crippen molar-refractivity contribution in [1.82, 2.24) is 0 Å². The molecule has 0 saturated carbocycles. The lowest BCUT2D eigenvalue weighted by atomic mass is 10.1. The van der Waals surface area contributed by atoms with Crippen molar-refractivity contribution in [2.45, 2.75) is 4.90 Å². The molecule has 0 spiro atoms. The topological polar surface area (TPSA) is 49.8 Å². The first-order chi connectivity index (χ1) is 10.1. The van der Waals surface area contributed by atoms with Crippen LogP contribution in [0.3, 0.4) is 0 Å². The molecular formula is C15H12ClNO3S. The van der Waals surface area contributed by atoms with Crippen LogP contribution >= 0.6 is 23.4 Å². The van der Waals surface area contributed by atoms with Crippen molar-refractivity contribution < 1.29 is 14.6 Å². The Labute approximate surface area is 131 Å². The molecule has 0 radical (unpaired) electrons. The van der Waals surface area contributed by atoms with Gasteiger partial charge in [-0.2, -0.15) is 0 Å². The fourth-order valence-corrected chi connectivity index (χ4v) is 3.55. The number of hydrogen-bond acceptors (Lipinski definition) is 4. The van der Waals surface area contributed by atoms with Crippen molar-refractivity contribution >= 4 is 35.0 Å². The number of methoxy groups -OCH3 is 1. The third-order valence-electron chi connectivity index (χ3n) is 3.23. The van der Waals surface area contributed by atoms with E-state index in [4.69, 9.17) is 16.3 Å². The number of anilines is 1. The quantitative estimate of drug-likeness (QED) is 0.915. The normalized spacial score (nSPS) is 13.1. The van der Waals surface area contributed by atoms with E-state index < -0.39 is 0 Å². The average molecular weight is 322 g/mol. The van der Waals surface area contributed by atoms with Crippen molar-refractivity contribution in [3.05, 3.63) is 47.0 Å². The molecule has 0 bridgehead atoms. The number of carbonyl (C=O) groups is 1. The summed E-state index contributed by atoms with van der Waals surface area (Å²) in [7, 11) is 1.41. The van der Waals surface area contributed by atoms with Crippen molar-refractivity contribution in [2.24, 2.45) is 0 Å². The Kier molecular flexibility index (Phi) is 3.69. The summed E-state index contributed by atoms with van der Waals surface area (Å²) >= 11 is 7.62. The van der Waals surface area contributed by atoms with E-state index in [2.05, 4.69) is 0 Å². The van der Waals surface area contributed by atoms with Gasteiger partial charge in [-0.25, -0.2) is 0 Å². The maximum absolute atomic E-state index is 12.6. The minimum atomic E-state index is -0.202. The summed E-state index contributed by atoms with van der Waals surface area (Å²) in [5.74, 6) is 0.368. The number of carbonyl (C=O) groups excluding carboxylic acids is 1. The largest absolute Gasteiger partial charge is 0.504 e. The fraction of sp³-hybridized carbons (Fsp3) is 0.133. The van der Waals surface area contributed by atoms with Gasteiger partial charge in [-0.15, -0.1) is 11.8 Å². The molecular weight excluding hydrogens is 310 g/mol. The second kappa shape index (κ2) is 5.50. The van der Waals surface area contributed by atoms with E-state index in [-0.39, 0.29) is 22.4 Å². The Morgan fingerprint density at radius 3 is 2.86 bits per heavy atom. The molecule has 21 heavy (non-hydrogen) atoms. The van der Waals surface area contributed by atoms with Crippen LogP contribution in [0.1, 0.15) is 10.4 Å². The summed E-state index contributed by atoms with van der Waals surface area (Å²) in [5.41, 5.74) is 1.20. The lowest BCUT2D eigenvalue weighted by Crippen LogP contribution is -2.27. The summed E-state index contributed by atoms with van der Waals surface area (Å²) in [6.45, 7) is 0. The molecule has 0 aliphatic carbocycles. The average Bonchev–Trinajstić information content (AvgIpc) is 2.90. The Hall–Kier alpha value is -1.85. The lowest BCUT2D eigenvalue weighted by molar-refractivity contribution is 0.0991. The van der Waals surface area contributed by atoms with Crippen LogP contribution in [-0.4, -0.2) is 24.0 Å². The zero-order chi connectivity index (χ0) is 15.0. The van der Waals surface area contributed by atoms with Gasteiger partial charge in [0.05, 0.1) is 23.7 Å². The van der Waals surface area contributed by atoms with E-state index in [0.717, 1.165) is 10.6 Å². The highest BCUT2D eigenvalue weighted by molar-refractivity contribution is 8.00. The van der Waals surface area contributed by atoms with Crippen LogP contribution in [-0.2, 0) is 0 Å². The first kappa shape index (κ1) is 14.1. The van der Waals surface area contributed by atoms with E-state index in [9.17, 15) is 9.90 Å². The van der Waals surface area contributed by atoms with Crippen LogP contribution in [0.15, 0.2) is 41.3 Å². The molecule has 1 N–H and O–H groups in total. The van der Waals surface area contributed by atoms with Crippen LogP contribution in [0.2, 0.25) is 5.02 Å². The minimum Gasteiger partial charge on any atom is -0.504 e. The molecule has 0 saturated heterocycles. The van der Waals surface area contributed by atoms with Gasteiger partial charge in [0.1, 0.15) is 0 Å². The number of nitrogens with zero attached hydrogens (tertiary/aromatic N) is 1. The van der Waals surface area contributed by atoms with Crippen LogP contribution < -0.4 is 9.64 Å². The molecule has 1 aliphatic heterocycles. The van der Waals surface area contributed by atoms with Gasteiger partial charge in [-0.3, -0.25) is 9.69 Å². The van der Waals surface area contributed by atoms with Crippen LogP contribution in [0, 0.1) is 0 Å². The van der Waals surface area contributed by atoms with Crippen LogP contribution in [0.25, 0.3) is 0 Å². The van der Waals surface area contributed by atoms with Crippen molar-refractivity contribution in [2.75, 3.05) is 17.9 Å². The maximum atomic E-state index is 12.6. The Morgan fingerprint density at radius 1 is 1.38 bits per heavy atom. The molecule has 2 aromatic carbocycles. The molecule has 1 amide bonds. The smallest absolute Gasteiger partial charge is 0.259 e. The second-order valence-electron chi connectivity index (χ2n) is 4.48. The van der Waals surface area contributed by atoms with E-state index in [0.29, 0.717) is 11.4 Å². The van der Waals surface area contributed by atoms with Gasteiger partial charge >= 0.3 is 0 Å². The molecule has 2 aromatic rings. The SMILES string of the molecule is COc1c(O)cc(C(=O)N2CSc3ccccc32)cc1Cl. The van der Waals surface area contributed by atoms with Gasteiger partial charge in [-0.1, -0.05) is 23.7 Å². The second-order valence-corrected chi connectivity index (χ2v) is 5.88. The number of ether oxygens (including phenoxy) is 1. The summed E-state index contributed by atoms with van der Waals surface area (Å²) in [5, 5.41) is 10.1. The van der Waals surface area contributed by atoms with E-state index >= 15 is 0 Å². The molecule has 1 aliphatic rings. The van der Waals surface area contributed by atoms with E-state index in [1.54, 1.807) is 16.7 Å². The molecule has 0 aromatic heterocycles. The highest BCUT2D eigenvalue weighted by Crippen LogP contribution is 2.40. The first-order valence-corrected chi connectivity index (χ1v) is 7.58. The van der Waals surface area contributed by atoms with Crippen molar-refractivity contribution in [3.63, 3.8) is 0 Å². The number of para-hydroxylation sites is 1. The zero-order valence-electron chi connectivity index (χ0n) is 11.2. The molecule has 0 unspecified atom stereocenters. The predicted octanol–water partition coefficient (Wildman–Crippen LogP) is 3.76. The number of rotatable bonds is 2. The third-order valence-corrected chi connectivity index (χ3v) is 4.55. The van der Waals surface area contributed by atoms with Crippen LogP contribution in [0.5, 0.6) is 11.5 Å². The van der Waals surface area contributed by atoms with Gasteiger partial charge in [0.15, 0.2) is 11.5 Å². The third kappa shape index (κ3) is 2.43. The summed E-state index contributed by atoms with van der Waals surface area (Å²) in [4.78, 5) is 15.3. The molecule has 3 rings (SSSR count). The summed E-state index contributed by atoms with van der Waals surface area (Å²) in [6, 6.07) is 10.6. The first-order valence-electron chi connectivity index (χ1n) is 6.22. The van der Waals surface area contributed by atoms with Gasteiger partial charge in [0.25, 0.3) is 5.91 Å². The number of halogens is 1. The summed E-state index contributed by atoms with van der Waals surface area (Å²) in [6.07, 6.45) is 0. The number of hydrogen-bond donors (Lipinski definition) is 1. The standard InChI is InChI=1S/C15H12ClNO3S/c1-20-14-10(16)6-9(7-12(14)18)15(19)17-8-21-13-5-3-2-4-11(13)17/h2-7,18H,8H2,1H3. The number of benzene rings is 2. The molecule has 0 fully saturated rings. The number of phenols is 1. The molecule has 108 valence electrons. The van der Waals surface area contributed by atoms with Gasteiger partial charge in [0, 0.05) is 10.5 Å². The highest BCUT2D eigenvalue weighted by atomic mass is 35.5. The lowest BCUT2D eigenvalue weighted by Gasteiger charge is -2.17. The highest BCUT2D eigenvalue weighted by Gasteiger charge is 2.27. The maximum Gasteiger partial charge on any atom is 0.259 e. The zero-order valence-corrected chi connectivity index (χ0v) is 12.7. The Balaban J connectivity index is 1.97. The predicted molar refractivity (Wildman–Crippen MR) is 83.6 cm³/mol. The van der Waals surface area contributed by atoms with Crippen molar-refractivity contribution in [1.29, 1.82) is 0 Å². The Bertz CT molecular complexity index is 697. The fourth-order valence-electron chi connectivity index (χ4n) is 2.23. The Morgan fingerprint density at radius 2 is 2.14 bits per heavy atom. The van der Waals surface area contributed by atoms with Gasteiger partial charge in [-0.05, 0) is 24.3 Å². The number of thioether (sulfide) groups is 1. The van der Waals surface area contributed by atoms with E-state index in [1.807, 2.05) is 24.3 Å². The van der Waals surface area contributed by atoms with Gasteiger partial charge in [0.2, 0.25) is 0 Å². The monoisotopic (exact) mass is 321 g/mol. The number of phenolic OH excluding ortho intramolecular Hbond substituents is 1. The summed E-state index contributed by atoms with van der Waals surface area (Å²) < 4.78 is 4.98. The molecule has 1 heterocycles.